The van der Waals surface area contributed by atoms with E-state index in [1.807, 2.05) is 0 Å². The van der Waals surface area contributed by atoms with Crippen molar-refractivity contribution in [3.8, 4) is 5.75 Å². The third-order valence-electron chi connectivity index (χ3n) is 1.51. The van der Waals surface area contributed by atoms with Crippen molar-refractivity contribution in [2.75, 3.05) is 0 Å². The number of halogens is 6. The van der Waals surface area contributed by atoms with E-state index in [2.05, 4.69) is 20.7 Å². The quantitative estimate of drug-likeness (QED) is 0.261. The molecule has 10 heteroatoms. The van der Waals surface area contributed by atoms with Crippen molar-refractivity contribution >= 4 is 37.5 Å². The van der Waals surface area contributed by atoms with Crippen LogP contribution in [-0.4, -0.2) is 9.94 Å². The standard InChI is InChI=1S/C7HBr2F4NO3/c8-2-1-3(14(15)16)4(10)5(11)6(2)17-7(9,12)13/h1H. The van der Waals surface area contributed by atoms with Gasteiger partial charge in [0.25, 0.3) is 0 Å². The van der Waals surface area contributed by atoms with Crippen LogP contribution in [0.1, 0.15) is 0 Å². The molecular formula is C7HBr2F4NO3. The minimum Gasteiger partial charge on any atom is -0.419 e. The van der Waals surface area contributed by atoms with Gasteiger partial charge in [-0.05, 0) is 15.9 Å². The Morgan fingerprint density at radius 3 is 2.29 bits per heavy atom. The molecule has 0 aliphatic rings. The van der Waals surface area contributed by atoms with Gasteiger partial charge in [0.05, 0.1) is 9.40 Å². The van der Waals surface area contributed by atoms with E-state index in [-0.39, 0.29) is 0 Å². The highest BCUT2D eigenvalue weighted by atomic mass is 79.9. The minimum atomic E-state index is -3.93. The first kappa shape index (κ1) is 14.2. The number of hydrogen-bond donors (Lipinski definition) is 0. The van der Waals surface area contributed by atoms with Gasteiger partial charge in [-0.25, -0.2) is 0 Å². The summed E-state index contributed by atoms with van der Waals surface area (Å²) in [4.78, 5) is 9.11. The minimum absolute atomic E-state index is 0.512. The Bertz CT molecular complexity index is 477. The van der Waals surface area contributed by atoms with Gasteiger partial charge in [0.15, 0.2) is 5.75 Å². The van der Waals surface area contributed by atoms with Crippen LogP contribution in [0.4, 0.5) is 23.2 Å². The van der Waals surface area contributed by atoms with Crippen LogP contribution in [0.15, 0.2) is 10.5 Å². The summed E-state index contributed by atoms with van der Waals surface area (Å²) < 4.78 is 54.4. The molecule has 4 nitrogen and oxygen atoms in total. The molecular weight excluding hydrogens is 382 g/mol. The molecule has 0 unspecified atom stereocenters. The summed E-state index contributed by atoms with van der Waals surface area (Å²) in [5.74, 6) is -4.94. The van der Waals surface area contributed by atoms with Crippen LogP contribution in [0.25, 0.3) is 0 Å². The lowest BCUT2D eigenvalue weighted by molar-refractivity contribution is -0.387. The fourth-order valence-electron chi connectivity index (χ4n) is 0.908. The molecule has 0 aliphatic carbocycles. The lowest BCUT2D eigenvalue weighted by atomic mass is 10.3. The molecule has 0 spiro atoms. The van der Waals surface area contributed by atoms with Crippen molar-refractivity contribution in [3.63, 3.8) is 0 Å². The number of hydrogen-bond acceptors (Lipinski definition) is 3. The molecule has 1 aromatic carbocycles. The van der Waals surface area contributed by atoms with E-state index in [9.17, 15) is 27.7 Å². The first-order valence-electron chi connectivity index (χ1n) is 3.71. The topological polar surface area (TPSA) is 52.4 Å². The number of nitro groups is 1. The summed E-state index contributed by atoms with van der Waals surface area (Å²) in [7, 11) is 0. The van der Waals surface area contributed by atoms with Gasteiger partial charge in [-0.15, -0.1) is 0 Å². The average molecular weight is 383 g/mol. The van der Waals surface area contributed by atoms with Crippen molar-refractivity contribution in [1.29, 1.82) is 0 Å². The number of rotatable bonds is 3. The molecule has 0 N–H and O–H groups in total. The number of alkyl halides is 3. The van der Waals surface area contributed by atoms with Gasteiger partial charge in [-0.3, -0.25) is 10.1 Å². The molecule has 0 aromatic heterocycles. The Hall–Kier alpha value is -0.900. The van der Waals surface area contributed by atoms with Gasteiger partial charge in [0.1, 0.15) is 0 Å². The SMILES string of the molecule is O=[N+]([O-])c1cc(Br)c(OC(F)(F)Br)c(F)c1F. The molecule has 0 bridgehead atoms. The third kappa shape index (κ3) is 3.28. The van der Waals surface area contributed by atoms with E-state index in [4.69, 9.17) is 0 Å². The van der Waals surface area contributed by atoms with Crippen molar-refractivity contribution in [1.82, 2.24) is 0 Å². The second kappa shape index (κ2) is 4.77. The summed E-state index contributed by atoms with van der Waals surface area (Å²) in [5.41, 5.74) is -1.19. The van der Waals surface area contributed by atoms with Gasteiger partial charge < -0.3 is 4.74 Å². The van der Waals surface area contributed by atoms with E-state index in [1.54, 1.807) is 15.9 Å². The van der Waals surface area contributed by atoms with Gasteiger partial charge in [-0.2, -0.15) is 17.6 Å². The Morgan fingerprint density at radius 2 is 1.88 bits per heavy atom. The van der Waals surface area contributed by atoms with E-state index in [0.717, 1.165) is 0 Å². The predicted octanol–water partition coefficient (Wildman–Crippen LogP) is 3.96. The van der Waals surface area contributed by atoms with Crippen LogP contribution >= 0.6 is 31.9 Å². The second-order valence-corrected chi connectivity index (χ2v) is 4.42. The van der Waals surface area contributed by atoms with Crippen LogP contribution in [0, 0.1) is 21.7 Å². The van der Waals surface area contributed by atoms with Crippen molar-refractivity contribution < 1.29 is 27.2 Å². The summed E-state index contributed by atoms with van der Waals surface area (Å²) in [6.07, 6.45) is 0. The Kier molecular flexibility index (Phi) is 3.97. The monoisotopic (exact) mass is 381 g/mol. The first-order chi connectivity index (χ1) is 7.63. The Morgan fingerprint density at radius 1 is 1.35 bits per heavy atom. The van der Waals surface area contributed by atoms with Crippen molar-refractivity contribution in [2.24, 2.45) is 0 Å². The molecule has 0 saturated heterocycles. The molecule has 0 amide bonds. The number of nitro benzene ring substituents is 1. The number of nitrogens with zero attached hydrogens (tertiary/aromatic N) is 1. The summed E-state index contributed by atoms with van der Waals surface area (Å²) in [6, 6.07) is 0.520. The average Bonchev–Trinajstić information content (AvgIpc) is 2.16. The molecule has 0 saturated carbocycles. The maximum Gasteiger partial charge on any atom is 0.459 e. The van der Waals surface area contributed by atoms with Crippen molar-refractivity contribution in [2.45, 2.75) is 5.02 Å². The maximum absolute atomic E-state index is 13.2. The lowest BCUT2D eigenvalue weighted by Crippen LogP contribution is -2.17. The molecule has 0 atom stereocenters. The summed E-state index contributed by atoms with van der Waals surface area (Å²) in [5, 5.41) is 6.37. The van der Waals surface area contributed by atoms with Gasteiger partial charge in [0, 0.05) is 22.0 Å². The van der Waals surface area contributed by atoms with E-state index < -0.39 is 37.5 Å². The normalized spacial score (nSPS) is 11.4. The zero-order valence-electron chi connectivity index (χ0n) is 7.52. The van der Waals surface area contributed by atoms with Gasteiger partial charge >= 0.3 is 10.7 Å². The fourth-order valence-corrected chi connectivity index (χ4v) is 1.54. The van der Waals surface area contributed by atoms with Crippen LogP contribution in [-0.2, 0) is 0 Å². The van der Waals surface area contributed by atoms with Gasteiger partial charge in [0.2, 0.25) is 11.6 Å². The fraction of sp³-hybridized carbons (Fsp3) is 0.143. The predicted molar refractivity (Wildman–Crippen MR) is 55.2 cm³/mol. The van der Waals surface area contributed by atoms with E-state index in [1.165, 1.54) is 0 Å². The molecule has 17 heavy (non-hydrogen) atoms. The number of benzene rings is 1. The highest BCUT2D eigenvalue weighted by molar-refractivity contribution is 9.10. The number of ether oxygens (including phenoxy) is 1. The van der Waals surface area contributed by atoms with E-state index >= 15 is 0 Å². The second-order valence-electron chi connectivity index (χ2n) is 2.64. The molecule has 0 aliphatic heterocycles. The molecule has 0 radical (unpaired) electrons. The van der Waals surface area contributed by atoms with Gasteiger partial charge in [-0.1, -0.05) is 0 Å². The van der Waals surface area contributed by atoms with Crippen LogP contribution in [0.2, 0.25) is 0 Å². The smallest absolute Gasteiger partial charge is 0.419 e. The van der Waals surface area contributed by atoms with Crippen LogP contribution in [0.3, 0.4) is 0 Å². The molecule has 1 rings (SSSR count). The van der Waals surface area contributed by atoms with Crippen molar-refractivity contribution in [3.05, 3.63) is 32.3 Å². The molecule has 1 aromatic rings. The summed E-state index contributed by atoms with van der Waals surface area (Å²) >= 11 is 4.32. The first-order valence-corrected chi connectivity index (χ1v) is 5.29. The molecule has 94 valence electrons. The van der Waals surface area contributed by atoms with Crippen LogP contribution < -0.4 is 4.74 Å². The zero-order valence-corrected chi connectivity index (χ0v) is 10.7. The highest BCUT2D eigenvalue weighted by Crippen LogP contribution is 2.39. The Balaban J connectivity index is 3.36. The van der Waals surface area contributed by atoms with Crippen LogP contribution in [0.5, 0.6) is 5.75 Å². The maximum atomic E-state index is 13.2. The Labute approximate surface area is 108 Å². The third-order valence-corrected chi connectivity index (χ3v) is 2.26. The largest absolute Gasteiger partial charge is 0.459 e. The summed E-state index contributed by atoms with van der Waals surface area (Å²) in [6.45, 7) is 0. The zero-order chi connectivity index (χ0) is 13.4. The van der Waals surface area contributed by atoms with E-state index in [0.29, 0.717) is 6.07 Å². The lowest BCUT2D eigenvalue weighted by Gasteiger charge is -2.13. The molecule has 0 fully saturated rings. The highest BCUT2D eigenvalue weighted by Gasteiger charge is 2.33. The molecule has 0 heterocycles.